The average molecular weight is 262 g/mol. The minimum Gasteiger partial charge on any atom is -0.481 e. The van der Waals surface area contributed by atoms with Crippen molar-refractivity contribution in [2.45, 2.75) is 5.92 Å². The highest BCUT2D eigenvalue weighted by Crippen LogP contribution is 2.32. The van der Waals surface area contributed by atoms with E-state index in [1.807, 2.05) is 30.3 Å². The molecule has 0 aromatic heterocycles. The number of nitrogens with zero attached hydrogens (tertiary/aromatic N) is 1. The molecule has 0 aliphatic carbocycles. The molecule has 3 N–H and O–H groups in total. The lowest BCUT2D eigenvalue weighted by atomic mass is 9.89. The van der Waals surface area contributed by atoms with E-state index in [2.05, 4.69) is 0 Å². The summed E-state index contributed by atoms with van der Waals surface area (Å²) in [5.74, 6) is -3.90. The Hall–Kier alpha value is -2.37. The number of aliphatic carboxylic acids is 1. The van der Waals surface area contributed by atoms with Crippen LogP contribution in [0.5, 0.6) is 0 Å². The Morgan fingerprint density at radius 2 is 1.79 bits per heavy atom. The lowest BCUT2D eigenvalue weighted by Crippen LogP contribution is -2.39. The maximum atomic E-state index is 11.5. The van der Waals surface area contributed by atoms with Crippen molar-refractivity contribution in [3.8, 4) is 0 Å². The van der Waals surface area contributed by atoms with Gasteiger partial charge in [0, 0.05) is 19.0 Å². The summed E-state index contributed by atoms with van der Waals surface area (Å²) in [5.41, 5.74) is 5.79. The Labute approximate surface area is 109 Å². The predicted octanol–water partition coefficient (Wildman–Crippen LogP) is -0.201. The van der Waals surface area contributed by atoms with E-state index >= 15 is 0 Å². The topological polar surface area (TPSA) is 101 Å². The van der Waals surface area contributed by atoms with Crippen LogP contribution >= 0.6 is 0 Å². The maximum absolute atomic E-state index is 11.5. The van der Waals surface area contributed by atoms with Crippen LogP contribution in [0.1, 0.15) is 11.5 Å². The molecule has 2 amide bonds. The van der Waals surface area contributed by atoms with Crippen molar-refractivity contribution < 1.29 is 19.5 Å². The van der Waals surface area contributed by atoms with E-state index < -0.39 is 23.7 Å². The number of carbonyl (C=O) groups is 3. The Morgan fingerprint density at radius 1 is 1.16 bits per heavy atom. The summed E-state index contributed by atoms with van der Waals surface area (Å²) in [6, 6.07) is 9.10. The predicted molar refractivity (Wildman–Crippen MR) is 66.1 cm³/mol. The first-order valence-electron chi connectivity index (χ1n) is 5.87. The minimum absolute atomic E-state index is 0.0106. The Kier molecular flexibility index (Phi) is 3.50. The lowest BCUT2D eigenvalue weighted by Gasteiger charge is -2.14. The molecule has 0 unspecified atom stereocenters. The third kappa shape index (κ3) is 2.57. The number of benzene rings is 1. The highest BCUT2D eigenvalue weighted by Gasteiger charge is 2.41. The molecule has 1 saturated heterocycles. The molecule has 6 nitrogen and oxygen atoms in total. The van der Waals surface area contributed by atoms with Gasteiger partial charge in [0.25, 0.3) is 0 Å². The number of hydrogen-bond acceptors (Lipinski definition) is 3. The zero-order valence-corrected chi connectivity index (χ0v) is 10.2. The van der Waals surface area contributed by atoms with E-state index in [0.717, 1.165) is 5.56 Å². The van der Waals surface area contributed by atoms with Gasteiger partial charge in [-0.25, -0.2) is 0 Å². The molecule has 1 aliphatic rings. The van der Waals surface area contributed by atoms with Gasteiger partial charge < -0.3 is 15.7 Å². The quantitative estimate of drug-likeness (QED) is 0.720. The van der Waals surface area contributed by atoms with Crippen molar-refractivity contribution in [2.24, 2.45) is 11.7 Å². The highest BCUT2D eigenvalue weighted by molar-refractivity contribution is 6.34. The van der Waals surface area contributed by atoms with Crippen molar-refractivity contribution in [1.29, 1.82) is 0 Å². The monoisotopic (exact) mass is 262 g/mol. The van der Waals surface area contributed by atoms with Gasteiger partial charge in [0.2, 0.25) is 0 Å². The van der Waals surface area contributed by atoms with E-state index in [-0.39, 0.29) is 19.0 Å². The SMILES string of the molecule is NC(=O)C(=O)N1C[C@H](C(=O)O)[C@@H](c2ccccc2)C1. The molecule has 0 bridgehead atoms. The maximum Gasteiger partial charge on any atom is 0.311 e. The van der Waals surface area contributed by atoms with Crippen LogP contribution in [0.3, 0.4) is 0 Å². The molecule has 1 heterocycles. The van der Waals surface area contributed by atoms with Crippen molar-refractivity contribution in [3.63, 3.8) is 0 Å². The van der Waals surface area contributed by atoms with Gasteiger partial charge in [-0.05, 0) is 5.56 Å². The summed E-state index contributed by atoms with van der Waals surface area (Å²) in [6.45, 7) is 0.208. The number of hydrogen-bond donors (Lipinski definition) is 2. The Bertz CT molecular complexity index is 515. The second-order valence-electron chi connectivity index (χ2n) is 4.54. The van der Waals surface area contributed by atoms with Crippen molar-refractivity contribution in [2.75, 3.05) is 13.1 Å². The summed E-state index contributed by atoms with van der Waals surface area (Å²) in [7, 11) is 0. The van der Waals surface area contributed by atoms with E-state index in [4.69, 9.17) is 5.73 Å². The van der Waals surface area contributed by atoms with Crippen LogP contribution in [-0.2, 0) is 14.4 Å². The molecule has 2 atom stereocenters. The Morgan fingerprint density at radius 3 is 2.32 bits per heavy atom. The van der Waals surface area contributed by atoms with Crippen LogP contribution < -0.4 is 5.73 Å². The van der Waals surface area contributed by atoms with Gasteiger partial charge in [0.1, 0.15) is 0 Å². The van der Waals surface area contributed by atoms with E-state index in [1.54, 1.807) is 0 Å². The molecule has 0 saturated carbocycles. The van der Waals surface area contributed by atoms with Crippen LogP contribution in [0.25, 0.3) is 0 Å². The average Bonchev–Trinajstić information content (AvgIpc) is 2.83. The van der Waals surface area contributed by atoms with E-state index in [0.29, 0.717) is 0 Å². The summed E-state index contributed by atoms with van der Waals surface area (Å²) < 4.78 is 0. The van der Waals surface area contributed by atoms with Crippen LogP contribution in [0.4, 0.5) is 0 Å². The van der Waals surface area contributed by atoms with Crippen molar-refractivity contribution >= 4 is 17.8 Å². The van der Waals surface area contributed by atoms with Gasteiger partial charge >= 0.3 is 17.8 Å². The molecular weight excluding hydrogens is 248 g/mol. The second-order valence-corrected chi connectivity index (χ2v) is 4.54. The second kappa shape index (κ2) is 5.09. The normalized spacial score (nSPS) is 22.2. The zero-order valence-electron chi connectivity index (χ0n) is 10.2. The van der Waals surface area contributed by atoms with Gasteiger partial charge in [0.05, 0.1) is 5.92 Å². The summed E-state index contributed by atoms with van der Waals surface area (Å²) >= 11 is 0. The molecule has 2 rings (SSSR count). The first-order chi connectivity index (χ1) is 9.00. The van der Waals surface area contributed by atoms with Crippen LogP contribution in [-0.4, -0.2) is 40.9 Å². The molecule has 1 aliphatic heterocycles. The third-order valence-electron chi connectivity index (χ3n) is 3.36. The van der Waals surface area contributed by atoms with Gasteiger partial charge in [-0.3, -0.25) is 14.4 Å². The van der Waals surface area contributed by atoms with E-state index in [1.165, 1.54) is 4.90 Å². The van der Waals surface area contributed by atoms with Gasteiger partial charge in [-0.1, -0.05) is 30.3 Å². The lowest BCUT2D eigenvalue weighted by molar-refractivity contribution is -0.145. The summed E-state index contributed by atoms with van der Waals surface area (Å²) in [5, 5.41) is 9.23. The molecule has 1 aromatic rings. The first kappa shape index (κ1) is 13.1. The molecule has 19 heavy (non-hydrogen) atoms. The highest BCUT2D eigenvalue weighted by atomic mass is 16.4. The first-order valence-corrected chi connectivity index (χ1v) is 5.87. The molecule has 100 valence electrons. The largest absolute Gasteiger partial charge is 0.481 e. The number of carbonyl (C=O) groups excluding carboxylic acids is 2. The number of carboxylic acids is 1. The molecule has 0 spiro atoms. The van der Waals surface area contributed by atoms with Crippen LogP contribution in [0, 0.1) is 5.92 Å². The minimum atomic E-state index is -1.06. The van der Waals surface area contributed by atoms with Crippen LogP contribution in [0.15, 0.2) is 30.3 Å². The van der Waals surface area contributed by atoms with E-state index in [9.17, 15) is 19.5 Å². The van der Waals surface area contributed by atoms with Crippen LogP contribution in [0.2, 0.25) is 0 Å². The fraction of sp³-hybridized carbons (Fsp3) is 0.308. The zero-order chi connectivity index (χ0) is 14.0. The number of rotatable bonds is 2. The molecule has 6 heteroatoms. The number of primary amides is 1. The fourth-order valence-corrected chi connectivity index (χ4v) is 2.41. The number of nitrogens with two attached hydrogens (primary N) is 1. The smallest absolute Gasteiger partial charge is 0.311 e. The third-order valence-corrected chi connectivity index (χ3v) is 3.36. The molecule has 1 aromatic carbocycles. The summed E-state index contributed by atoms with van der Waals surface area (Å²) in [6.07, 6.45) is 0. The fourth-order valence-electron chi connectivity index (χ4n) is 2.41. The van der Waals surface area contributed by atoms with Crippen molar-refractivity contribution in [1.82, 2.24) is 4.90 Å². The van der Waals surface area contributed by atoms with Gasteiger partial charge in [-0.2, -0.15) is 0 Å². The van der Waals surface area contributed by atoms with Gasteiger partial charge in [0.15, 0.2) is 0 Å². The number of amides is 2. The molecule has 0 radical (unpaired) electrons. The Balaban J connectivity index is 2.25. The molecular formula is C13H14N2O4. The van der Waals surface area contributed by atoms with Crippen molar-refractivity contribution in [3.05, 3.63) is 35.9 Å². The standard InChI is InChI=1S/C13H14N2O4/c14-11(16)12(17)15-6-9(10(7-15)13(18)19)8-4-2-1-3-5-8/h1-5,9-10H,6-7H2,(H2,14,16)(H,18,19)/t9-,10+/m1/s1. The number of carboxylic acid groups (broad SMARTS) is 1. The number of likely N-dealkylation sites (tertiary alicyclic amines) is 1. The summed E-state index contributed by atoms with van der Waals surface area (Å²) in [4.78, 5) is 34.9. The van der Waals surface area contributed by atoms with Gasteiger partial charge in [-0.15, -0.1) is 0 Å². The molecule has 1 fully saturated rings.